The van der Waals surface area contributed by atoms with Crippen LogP contribution < -0.4 is 11.1 Å². The summed E-state index contributed by atoms with van der Waals surface area (Å²) < 4.78 is 5.41. The van der Waals surface area contributed by atoms with Crippen LogP contribution in [0, 0.1) is 6.92 Å². The maximum absolute atomic E-state index is 5.92. The lowest BCUT2D eigenvalue weighted by Crippen LogP contribution is -2.35. The number of benzene rings is 1. The lowest BCUT2D eigenvalue weighted by molar-refractivity contribution is 0.0771. The topological polar surface area (TPSA) is 47.3 Å². The van der Waals surface area contributed by atoms with E-state index in [0.717, 1.165) is 24.4 Å². The van der Waals surface area contributed by atoms with Gasteiger partial charge in [0.2, 0.25) is 0 Å². The minimum atomic E-state index is 0.253. The summed E-state index contributed by atoms with van der Waals surface area (Å²) in [6, 6.07) is 6.37. The molecule has 1 aromatic rings. The van der Waals surface area contributed by atoms with E-state index in [1.165, 1.54) is 5.56 Å². The highest BCUT2D eigenvalue weighted by Crippen LogP contribution is 2.23. The molecule has 2 rings (SSSR count). The van der Waals surface area contributed by atoms with Crippen molar-refractivity contribution in [1.82, 2.24) is 5.32 Å². The van der Waals surface area contributed by atoms with Gasteiger partial charge in [0, 0.05) is 12.2 Å². The second-order valence-corrected chi connectivity index (χ2v) is 3.71. The monoisotopic (exact) mass is 192 g/mol. The first-order valence-electron chi connectivity index (χ1n) is 4.94. The molecular weight excluding hydrogens is 176 g/mol. The van der Waals surface area contributed by atoms with E-state index >= 15 is 0 Å². The van der Waals surface area contributed by atoms with E-state index in [0.29, 0.717) is 6.61 Å². The maximum atomic E-state index is 5.92. The summed E-state index contributed by atoms with van der Waals surface area (Å²) in [6.07, 6.45) is 0. The zero-order valence-corrected chi connectivity index (χ0v) is 8.42. The number of ether oxygens (including phenoxy) is 1. The van der Waals surface area contributed by atoms with Gasteiger partial charge in [-0.15, -0.1) is 0 Å². The Morgan fingerprint density at radius 3 is 3.07 bits per heavy atom. The molecule has 0 amide bonds. The van der Waals surface area contributed by atoms with Crippen LogP contribution in [0.5, 0.6) is 0 Å². The fourth-order valence-corrected chi connectivity index (χ4v) is 1.76. The molecular formula is C11H16N2O. The third-order valence-electron chi connectivity index (χ3n) is 2.54. The van der Waals surface area contributed by atoms with Crippen LogP contribution in [0.15, 0.2) is 18.2 Å². The fourth-order valence-electron chi connectivity index (χ4n) is 1.76. The highest BCUT2D eigenvalue weighted by atomic mass is 16.5. The summed E-state index contributed by atoms with van der Waals surface area (Å²) in [7, 11) is 0. The first kappa shape index (κ1) is 9.49. The number of hydrogen-bond acceptors (Lipinski definition) is 3. The van der Waals surface area contributed by atoms with Gasteiger partial charge in [0.25, 0.3) is 0 Å². The highest BCUT2D eigenvalue weighted by Gasteiger charge is 2.17. The Morgan fingerprint density at radius 2 is 2.36 bits per heavy atom. The number of anilines is 1. The van der Waals surface area contributed by atoms with E-state index in [-0.39, 0.29) is 6.04 Å². The molecule has 3 nitrogen and oxygen atoms in total. The van der Waals surface area contributed by atoms with Crippen molar-refractivity contribution in [1.29, 1.82) is 0 Å². The SMILES string of the molecule is Cc1ccc(N)c(C2COCCN2)c1. The highest BCUT2D eigenvalue weighted by molar-refractivity contribution is 5.50. The molecule has 3 heteroatoms. The molecule has 1 heterocycles. The third kappa shape index (κ3) is 1.89. The second-order valence-electron chi connectivity index (χ2n) is 3.71. The van der Waals surface area contributed by atoms with Gasteiger partial charge in [0.15, 0.2) is 0 Å². The fraction of sp³-hybridized carbons (Fsp3) is 0.455. The van der Waals surface area contributed by atoms with Gasteiger partial charge in [-0.1, -0.05) is 17.7 Å². The minimum absolute atomic E-state index is 0.253. The van der Waals surface area contributed by atoms with Gasteiger partial charge in [-0.05, 0) is 18.6 Å². The largest absolute Gasteiger partial charge is 0.398 e. The van der Waals surface area contributed by atoms with Crippen LogP contribution in [-0.4, -0.2) is 19.8 Å². The van der Waals surface area contributed by atoms with Gasteiger partial charge in [0.05, 0.1) is 19.3 Å². The van der Waals surface area contributed by atoms with Crippen molar-refractivity contribution in [3.63, 3.8) is 0 Å². The Balaban J connectivity index is 2.24. The number of morpholine rings is 1. The molecule has 1 unspecified atom stereocenters. The Labute approximate surface area is 84.3 Å². The molecule has 0 aromatic heterocycles. The van der Waals surface area contributed by atoms with Gasteiger partial charge >= 0.3 is 0 Å². The number of nitrogens with two attached hydrogens (primary N) is 1. The molecule has 0 saturated carbocycles. The summed E-state index contributed by atoms with van der Waals surface area (Å²) >= 11 is 0. The summed E-state index contributed by atoms with van der Waals surface area (Å²) in [6.45, 7) is 4.49. The van der Waals surface area contributed by atoms with E-state index in [4.69, 9.17) is 10.5 Å². The first-order chi connectivity index (χ1) is 6.77. The van der Waals surface area contributed by atoms with Gasteiger partial charge in [0.1, 0.15) is 0 Å². The van der Waals surface area contributed by atoms with Crippen LogP contribution in [0.25, 0.3) is 0 Å². The van der Waals surface area contributed by atoms with Crippen LogP contribution in [0.3, 0.4) is 0 Å². The first-order valence-corrected chi connectivity index (χ1v) is 4.94. The zero-order chi connectivity index (χ0) is 9.97. The molecule has 76 valence electrons. The lowest BCUT2D eigenvalue weighted by atomic mass is 10.0. The molecule has 0 aliphatic carbocycles. The van der Waals surface area contributed by atoms with Gasteiger partial charge in [-0.2, -0.15) is 0 Å². The van der Waals surface area contributed by atoms with E-state index < -0.39 is 0 Å². The number of hydrogen-bond donors (Lipinski definition) is 2. The Morgan fingerprint density at radius 1 is 1.50 bits per heavy atom. The van der Waals surface area contributed by atoms with E-state index in [1.807, 2.05) is 12.1 Å². The lowest BCUT2D eigenvalue weighted by Gasteiger charge is -2.25. The predicted octanol–water partition coefficient (Wildman–Crippen LogP) is 1.24. The van der Waals surface area contributed by atoms with Crippen LogP contribution >= 0.6 is 0 Å². The van der Waals surface area contributed by atoms with E-state index in [2.05, 4.69) is 18.3 Å². The van der Waals surface area contributed by atoms with Crippen molar-refractivity contribution in [2.75, 3.05) is 25.5 Å². The zero-order valence-electron chi connectivity index (χ0n) is 8.42. The van der Waals surface area contributed by atoms with E-state index in [1.54, 1.807) is 0 Å². The van der Waals surface area contributed by atoms with Crippen LogP contribution in [0.1, 0.15) is 17.2 Å². The molecule has 1 atom stereocenters. The quantitative estimate of drug-likeness (QED) is 0.658. The average molecular weight is 192 g/mol. The predicted molar refractivity (Wildman–Crippen MR) is 57.2 cm³/mol. The Bertz CT molecular complexity index is 319. The maximum Gasteiger partial charge on any atom is 0.0662 e. The van der Waals surface area contributed by atoms with Crippen molar-refractivity contribution >= 4 is 5.69 Å². The third-order valence-corrected chi connectivity index (χ3v) is 2.54. The molecule has 0 spiro atoms. The van der Waals surface area contributed by atoms with Crippen molar-refractivity contribution in [2.45, 2.75) is 13.0 Å². The molecule has 1 aliphatic heterocycles. The molecule has 1 fully saturated rings. The van der Waals surface area contributed by atoms with Crippen LogP contribution in [0.2, 0.25) is 0 Å². The van der Waals surface area contributed by atoms with Crippen molar-refractivity contribution in [3.05, 3.63) is 29.3 Å². The van der Waals surface area contributed by atoms with Crippen molar-refractivity contribution in [3.8, 4) is 0 Å². The van der Waals surface area contributed by atoms with Crippen molar-refractivity contribution in [2.24, 2.45) is 0 Å². The summed E-state index contributed by atoms with van der Waals surface area (Å²) in [5.74, 6) is 0. The van der Waals surface area contributed by atoms with Gasteiger partial charge in [-0.3, -0.25) is 0 Å². The molecule has 1 aliphatic rings. The van der Waals surface area contributed by atoms with Gasteiger partial charge in [-0.25, -0.2) is 0 Å². The standard InChI is InChI=1S/C11H16N2O/c1-8-2-3-10(12)9(6-8)11-7-14-5-4-13-11/h2-3,6,11,13H,4-5,7,12H2,1H3. The summed E-state index contributed by atoms with van der Waals surface area (Å²) in [5, 5.41) is 3.40. The average Bonchev–Trinajstić information content (AvgIpc) is 2.23. The second kappa shape index (κ2) is 3.98. The van der Waals surface area contributed by atoms with E-state index in [9.17, 15) is 0 Å². The molecule has 0 bridgehead atoms. The molecule has 0 radical (unpaired) electrons. The number of nitrogen functional groups attached to an aromatic ring is 1. The number of rotatable bonds is 1. The Hall–Kier alpha value is -1.06. The molecule has 1 saturated heterocycles. The smallest absolute Gasteiger partial charge is 0.0662 e. The summed E-state index contributed by atoms with van der Waals surface area (Å²) in [4.78, 5) is 0. The minimum Gasteiger partial charge on any atom is -0.398 e. The number of aryl methyl sites for hydroxylation is 1. The van der Waals surface area contributed by atoms with Crippen molar-refractivity contribution < 1.29 is 4.74 Å². The number of nitrogens with one attached hydrogen (secondary N) is 1. The normalized spacial score (nSPS) is 22.2. The van der Waals surface area contributed by atoms with Crippen LogP contribution in [0.4, 0.5) is 5.69 Å². The molecule has 3 N–H and O–H groups in total. The van der Waals surface area contributed by atoms with Crippen LogP contribution in [-0.2, 0) is 4.74 Å². The Kier molecular flexibility index (Phi) is 2.70. The molecule has 1 aromatic carbocycles. The summed E-state index contributed by atoms with van der Waals surface area (Å²) in [5.41, 5.74) is 9.17. The molecule has 14 heavy (non-hydrogen) atoms. The van der Waals surface area contributed by atoms with Gasteiger partial charge < -0.3 is 15.8 Å².